The molecular formula is C21H15ClFN3S. The fraction of sp³-hybridized carbons (Fsp3) is 0.0476. The van der Waals surface area contributed by atoms with Gasteiger partial charge in [-0.05, 0) is 48.9 Å². The van der Waals surface area contributed by atoms with Gasteiger partial charge in [0.05, 0.1) is 4.88 Å². The third-order valence-electron chi connectivity index (χ3n) is 4.10. The highest BCUT2D eigenvalue weighted by Gasteiger charge is 2.13. The van der Waals surface area contributed by atoms with Crippen LogP contribution < -0.4 is 5.32 Å². The number of thiazole rings is 1. The highest BCUT2D eigenvalue weighted by molar-refractivity contribution is 7.19. The van der Waals surface area contributed by atoms with E-state index in [0.29, 0.717) is 5.02 Å². The van der Waals surface area contributed by atoms with Gasteiger partial charge >= 0.3 is 0 Å². The van der Waals surface area contributed by atoms with E-state index in [2.05, 4.69) is 15.3 Å². The van der Waals surface area contributed by atoms with Crippen LogP contribution in [0.5, 0.6) is 0 Å². The summed E-state index contributed by atoms with van der Waals surface area (Å²) in [6.07, 6.45) is 5.39. The first-order valence-electron chi connectivity index (χ1n) is 8.29. The molecule has 0 radical (unpaired) electrons. The lowest BCUT2D eigenvalue weighted by molar-refractivity contribution is 0.628. The number of halogens is 2. The average molecular weight is 396 g/mol. The van der Waals surface area contributed by atoms with Crippen LogP contribution in [0.15, 0.2) is 67.1 Å². The fourth-order valence-electron chi connectivity index (χ4n) is 2.78. The van der Waals surface area contributed by atoms with Crippen LogP contribution in [0.25, 0.3) is 21.6 Å². The summed E-state index contributed by atoms with van der Waals surface area (Å²) in [5.41, 5.74) is 4.80. The normalized spacial score (nSPS) is 10.8. The predicted molar refractivity (Wildman–Crippen MR) is 110 cm³/mol. The van der Waals surface area contributed by atoms with E-state index in [-0.39, 0.29) is 5.82 Å². The molecule has 3 nitrogen and oxygen atoms in total. The number of hydrogen-bond acceptors (Lipinski definition) is 4. The van der Waals surface area contributed by atoms with Gasteiger partial charge in [-0.1, -0.05) is 35.1 Å². The van der Waals surface area contributed by atoms with Crippen molar-refractivity contribution >= 4 is 33.8 Å². The molecule has 0 aliphatic carbocycles. The monoisotopic (exact) mass is 395 g/mol. The van der Waals surface area contributed by atoms with Crippen molar-refractivity contribution < 1.29 is 4.39 Å². The molecule has 4 aromatic rings. The standard InChI is InChI=1S/C21H15ClFN3S/c1-13-2-7-16(19(22)10-13)18-11-24-9-8-17(18)20-12-25-21(27-20)26-15-5-3-14(23)4-6-15/h2-12H,1H3,(H,25,26). The van der Waals surface area contributed by atoms with Crippen LogP contribution in [-0.2, 0) is 0 Å². The van der Waals surface area contributed by atoms with E-state index in [1.165, 1.54) is 23.5 Å². The minimum atomic E-state index is -0.267. The van der Waals surface area contributed by atoms with Gasteiger partial charge in [0.2, 0.25) is 0 Å². The maximum absolute atomic E-state index is 13.1. The van der Waals surface area contributed by atoms with Crippen LogP contribution in [0.1, 0.15) is 5.56 Å². The number of nitrogens with zero attached hydrogens (tertiary/aromatic N) is 2. The SMILES string of the molecule is Cc1ccc(-c2cnccc2-c2cnc(Nc3ccc(F)cc3)s2)c(Cl)c1. The first kappa shape index (κ1) is 17.6. The smallest absolute Gasteiger partial charge is 0.187 e. The molecule has 0 unspecified atom stereocenters. The molecule has 2 heterocycles. The maximum atomic E-state index is 13.1. The van der Waals surface area contributed by atoms with Crippen molar-refractivity contribution in [1.82, 2.24) is 9.97 Å². The zero-order valence-electron chi connectivity index (χ0n) is 14.4. The van der Waals surface area contributed by atoms with E-state index in [1.807, 2.05) is 43.6 Å². The Hall–Kier alpha value is -2.76. The van der Waals surface area contributed by atoms with Crippen LogP contribution in [0.2, 0.25) is 5.02 Å². The molecule has 0 aliphatic rings. The first-order chi connectivity index (χ1) is 13.1. The molecule has 0 bridgehead atoms. The van der Waals surface area contributed by atoms with E-state index in [0.717, 1.165) is 37.9 Å². The molecule has 0 aliphatic heterocycles. The van der Waals surface area contributed by atoms with E-state index < -0.39 is 0 Å². The lowest BCUT2D eigenvalue weighted by atomic mass is 10.0. The van der Waals surface area contributed by atoms with Crippen molar-refractivity contribution in [3.63, 3.8) is 0 Å². The summed E-state index contributed by atoms with van der Waals surface area (Å²) in [5, 5.41) is 4.62. The molecule has 0 fully saturated rings. The number of aryl methyl sites for hydroxylation is 1. The van der Waals surface area contributed by atoms with Gasteiger partial charge < -0.3 is 5.32 Å². The third-order valence-corrected chi connectivity index (χ3v) is 5.36. The Morgan fingerprint density at radius 3 is 2.56 bits per heavy atom. The highest BCUT2D eigenvalue weighted by atomic mass is 35.5. The second kappa shape index (κ2) is 7.47. The van der Waals surface area contributed by atoms with Crippen molar-refractivity contribution in [1.29, 1.82) is 0 Å². The molecule has 2 aromatic carbocycles. The summed E-state index contributed by atoms with van der Waals surface area (Å²) in [5.74, 6) is -0.267. The Morgan fingerprint density at radius 2 is 1.78 bits per heavy atom. The quantitative estimate of drug-likeness (QED) is 0.417. The van der Waals surface area contributed by atoms with Gasteiger partial charge in [-0.2, -0.15) is 0 Å². The number of nitrogens with one attached hydrogen (secondary N) is 1. The number of rotatable bonds is 4. The zero-order chi connectivity index (χ0) is 18.8. The molecule has 0 spiro atoms. The minimum Gasteiger partial charge on any atom is -0.332 e. The van der Waals surface area contributed by atoms with E-state index in [1.54, 1.807) is 18.3 Å². The topological polar surface area (TPSA) is 37.8 Å². The van der Waals surface area contributed by atoms with Gasteiger partial charge in [-0.25, -0.2) is 9.37 Å². The molecule has 6 heteroatoms. The van der Waals surface area contributed by atoms with Gasteiger partial charge in [0.15, 0.2) is 5.13 Å². The lowest BCUT2D eigenvalue weighted by Gasteiger charge is -2.09. The molecular weight excluding hydrogens is 381 g/mol. The van der Waals surface area contributed by atoms with Crippen molar-refractivity contribution in [2.24, 2.45) is 0 Å². The molecule has 0 atom stereocenters. The molecule has 2 aromatic heterocycles. The number of pyridine rings is 1. The molecule has 134 valence electrons. The fourth-order valence-corrected chi connectivity index (χ4v) is 3.99. The molecule has 4 rings (SSSR count). The van der Waals surface area contributed by atoms with Gasteiger partial charge in [0.25, 0.3) is 0 Å². The van der Waals surface area contributed by atoms with Crippen LogP contribution in [0.3, 0.4) is 0 Å². The molecule has 1 N–H and O–H groups in total. The van der Waals surface area contributed by atoms with Crippen LogP contribution in [0.4, 0.5) is 15.2 Å². The second-order valence-corrected chi connectivity index (χ2v) is 7.50. The number of aromatic nitrogens is 2. The van der Waals surface area contributed by atoms with Crippen molar-refractivity contribution in [2.45, 2.75) is 6.92 Å². The predicted octanol–water partition coefficient (Wildman–Crippen LogP) is 6.72. The highest BCUT2D eigenvalue weighted by Crippen LogP contribution is 2.39. The Balaban J connectivity index is 1.68. The van der Waals surface area contributed by atoms with E-state index in [9.17, 15) is 4.39 Å². The summed E-state index contributed by atoms with van der Waals surface area (Å²) in [6, 6.07) is 14.1. The summed E-state index contributed by atoms with van der Waals surface area (Å²) in [7, 11) is 0. The molecule has 0 amide bonds. The number of hydrogen-bond donors (Lipinski definition) is 1. The van der Waals surface area contributed by atoms with Crippen molar-refractivity contribution in [3.8, 4) is 21.6 Å². The minimum absolute atomic E-state index is 0.267. The Kier molecular flexibility index (Phi) is 4.88. The van der Waals surface area contributed by atoms with Crippen LogP contribution in [0, 0.1) is 12.7 Å². The van der Waals surface area contributed by atoms with Crippen LogP contribution in [-0.4, -0.2) is 9.97 Å². The van der Waals surface area contributed by atoms with E-state index >= 15 is 0 Å². The largest absolute Gasteiger partial charge is 0.332 e. The van der Waals surface area contributed by atoms with Crippen molar-refractivity contribution in [2.75, 3.05) is 5.32 Å². The van der Waals surface area contributed by atoms with Gasteiger partial charge in [-0.3, -0.25) is 4.98 Å². The third kappa shape index (κ3) is 3.84. The second-order valence-electron chi connectivity index (χ2n) is 6.07. The van der Waals surface area contributed by atoms with Gasteiger partial charge in [0.1, 0.15) is 5.82 Å². The van der Waals surface area contributed by atoms with Crippen molar-refractivity contribution in [3.05, 3.63) is 83.5 Å². The summed E-state index contributed by atoms with van der Waals surface area (Å²) >= 11 is 7.98. The summed E-state index contributed by atoms with van der Waals surface area (Å²) in [6.45, 7) is 2.01. The molecule has 0 saturated heterocycles. The average Bonchev–Trinajstić information content (AvgIpc) is 3.12. The Morgan fingerprint density at radius 1 is 0.963 bits per heavy atom. The van der Waals surface area contributed by atoms with Gasteiger partial charge in [0, 0.05) is 46.0 Å². The number of benzene rings is 2. The summed E-state index contributed by atoms with van der Waals surface area (Å²) in [4.78, 5) is 9.70. The Bertz CT molecular complexity index is 1090. The van der Waals surface area contributed by atoms with Gasteiger partial charge in [-0.15, -0.1) is 0 Å². The lowest BCUT2D eigenvalue weighted by Crippen LogP contribution is -1.88. The zero-order valence-corrected chi connectivity index (χ0v) is 16.0. The molecule has 27 heavy (non-hydrogen) atoms. The van der Waals surface area contributed by atoms with Crippen LogP contribution >= 0.6 is 22.9 Å². The molecule has 0 saturated carbocycles. The maximum Gasteiger partial charge on any atom is 0.187 e. The number of anilines is 2. The Labute approximate surface area is 165 Å². The van der Waals surface area contributed by atoms with E-state index in [4.69, 9.17) is 11.6 Å². The summed E-state index contributed by atoms with van der Waals surface area (Å²) < 4.78 is 13.1. The first-order valence-corrected chi connectivity index (χ1v) is 9.49.